The number of hydrogen-bond acceptors (Lipinski definition) is 3. The number of ether oxygens (including phenoxy) is 1. The smallest absolute Gasteiger partial charge is 0.0502 e. The number of nitrogens with zero attached hydrogens (tertiary/aromatic N) is 1. The average molecular weight is 260 g/mol. The first-order valence-corrected chi connectivity index (χ1v) is 7.39. The fourth-order valence-electron chi connectivity index (χ4n) is 3.75. The highest BCUT2D eigenvalue weighted by atomic mass is 16.5. The van der Waals surface area contributed by atoms with E-state index in [1.165, 1.54) is 49.9 Å². The summed E-state index contributed by atoms with van der Waals surface area (Å²) in [6, 6.07) is 7.05. The van der Waals surface area contributed by atoms with Crippen molar-refractivity contribution in [2.75, 3.05) is 32.5 Å². The molecule has 0 aromatic heterocycles. The summed E-state index contributed by atoms with van der Waals surface area (Å²) in [7, 11) is 1.81. The summed E-state index contributed by atoms with van der Waals surface area (Å²) in [5.41, 5.74) is 9.75. The van der Waals surface area contributed by atoms with Crippen molar-refractivity contribution in [2.24, 2.45) is 5.92 Å². The zero-order chi connectivity index (χ0) is 13.2. The van der Waals surface area contributed by atoms with Gasteiger partial charge in [0.15, 0.2) is 0 Å². The van der Waals surface area contributed by atoms with Gasteiger partial charge in [0, 0.05) is 25.4 Å². The maximum absolute atomic E-state index is 5.89. The summed E-state index contributed by atoms with van der Waals surface area (Å²) in [5.74, 6) is 0.705. The van der Waals surface area contributed by atoms with Crippen LogP contribution in [0, 0.1) is 5.92 Å². The first kappa shape index (κ1) is 12.9. The number of fused-ring (bicyclic) bond motifs is 1. The Morgan fingerprint density at radius 2 is 2.26 bits per heavy atom. The number of rotatable bonds is 3. The van der Waals surface area contributed by atoms with E-state index in [-0.39, 0.29) is 0 Å². The van der Waals surface area contributed by atoms with Crippen molar-refractivity contribution < 1.29 is 4.74 Å². The van der Waals surface area contributed by atoms with Crippen LogP contribution in [0.4, 0.5) is 5.69 Å². The minimum absolute atomic E-state index is 0.607. The average Bonchev–Trinajstić information content (AvgIpc) is 2.82. The SMILES string of the molecule is COCC1CCCN(C2CCc3cc(N)ccc32)C1. The molecule has 1 heterocycles. The Hall–Kier alpha value is -1.06. The van der Waals surface area contributed by atoms with E-state index >= 15 is 0 Å². The molecule has 2 N–H and O–H groups in total. The number of nitrogens with two attached hydrogens (primary N) is 1. The number of methoxy groups -OCH3 is 1. The minimum atomic E-state index is 0.607. The van der Waals surface area contributed by atoms with E-state index in [1.807, 2.05) is 13.2 Å². The van der Waals surface area contributed by atoms with Crippen LogP contribution >= 0.6 is 0 Å². The third-order valence-electron chi connectivity index (χ3n) is 4.61. The number of piperidine rings is 1. The van der Waals surface area contributed by atoms with Gasteiger partial charge >= 0.3 is 0 Å². The van der Waals surface area contributed by atoms with Gasteiger partial charge in [0.1, 0.15) is 0 Å². The largest absolute Gasteiger partial charge is 0.399 e. The molecule has 1 aromatic carbocycles. The Morgan fingerprint density at radius 1 is 1.37 bits per heavy atom. The van der Waals surface area contributed by atoms with Gasteiger partial charge in [-0.15, -0.1) is 0 Å². The molecule has 0 radical (unpaired) electrons. The molecule has 3 nitrogen and oxygen atoms in total. The van der Waals surface area contributed by atoms with Gasteiger partial charge in [-0.25, -0.2) is 0 Å². The second-order valence-electron chi connectivity index (χ2n) is 5.97. The van der Waals surface area contributed by atoms with E-state index in [0.29, 0.717) is 12.0 Å². The third kappa shape index (κ3) is 2.63. The molecule has 1 aliphatic carbocycles. The topological polar surface area (TPSA) is 38.5 Å². The van der Waals surface area contributed by atoms with Crippen molar-refractivity contribution in [1.29, 1.82) is 0 Å². The van der Waals surface area contributed by atoms with Crippen LogP contribution in [0.1, 0.15) is 36.4 Å². The van der Waals surface area contributed by atoms with Crippen LogP contribution in [-0.2, 0) is 11.2 Å². The normalized spacial score (nSPS) is 27.4. The predicted molar refractivity (Wildman–Crippen MR) is 78.1 cm³/mol. The van der Waals surface area contributed by atoms with Gasteiger partial charge in [-0.1, -0.05) is 6.07 Å². The van der Waals surface area contributed by atoms with E-state index in [4.69, 9.17) is 10.5 Å². The first-order chi connectivity index (χ1) is 9.28. The number of anilines is 1. The van der Waals surface area contributed by atoms with Crippen LogP contribution in [-0.4, -0.2) is 31.7 Å². The zero-order valence-electron chi connectivity index (χ0n) is 11.8. The van der Waals surface area contributed by atoms with Crippen molar-refractivity contribution in [3.8, 4) is 0 Å². The number of nitrogen functional groups attached to an aromatic ring is 1. The van der Waals surface area contributed by atoms with Gasteiger partial charge in [0.05, 0.1) is 6.61 Å². The maximum Gasteiger partial charge on any atom is 0.0502 e. The fourth-order valence-corrected chi connectivity index (χ4v) is 3.75. The van der Waals surface area contributed by atoms with E-state index in [1.54, 1.807) is 0 Å². The molecule has 0 amide bonds. The highest BCUT2D eigenvalue weighted by molar-refractivity contribution is 5.47. The molecule has 1 saturated heterocycles. The summed E-state index contributed by atoms with van der Waals surface area (Å²) in [4.78, 5) is 2.66. The Kier molecular flexibility index (Phi) is 3.76. The molecule has 3 rings (SSSR count). The van der Waals surface area contributed by atoms with Gasteiger partial charge in [0.25, 0.3) is 0 Å². The second-order valence-corrected chi connectivity index (χ2v) is 5.97. The van der Waals surface area contributed by atoms with Gasteiger partial charge < -0.3 is 10.5 Å². The lowest BCUT2D eigenvalue weighted by atomic mass is 9.96. The van der Waals surface area contributed by atoms with E-state index < -0.39 is 0 Å². The van der Waals surface area contributed by atoms with Gasteiger partial charge in [0.2, 0.25) is 0 Å². The molecule has 2 unspecified atom stereocenters. The lowest BCUT2D eigenvalue weighted by Crippen LogP contribution is -2.39. The van der Waals surface area contributed by atoms with Crippen molar-refractivity contribution in [3.05, 3.63) is 29.3 Å². The number of aryl methyl sites for hydroxylation is 1. The molecule has 3 heteroatoms. The fraction of sp³-hybridized carbons (Fsp3) is 0.625. The van der Waals surface area contributed by atoms with Crippen LogP contribution < -0.4 is 5.73 Å². The molecule has 1 aliphatic heterocycles. The third-order valence-corrected chi connectivity index (χ3v) is 4.61. The maximum atomic E-state index is 5.89. The number of benzene rings is 1. The lowest BCUT2D eigenvalue weighted by Gasteiger charge is -2.37. The van der Waals surface area contributed by atoms with Gasteiger partial charge in [-0.2, -0.15) is 0 Å². The number of likely N-dealkylation sites (tertiary alicyclic amines) is 1. The Labute approximate surface area is 115 Å². The van der Waals surface area contributed by atoms with Crippen molar-refractivity contribution in [1.82, 2.24) is 4.90 Å². The molecule has 19 heavy (non-hydrogen) atoms. The molecule has 1 fully saturated rings. The van der Waals surface area contributed by atoms with Crippen molar-refractivity contribution in [2.45, 2.75) is 31.7 Å². The van der Waals surface area contributed by atoms with E-state index in [2.05, 4.69) is 17.0 Å². The summed E-state index contributed by atoms with van der Waals surface area (Å²) in [6.45, 7) is 3.31. The predicted octanol–water partition coefficient (Wildman–Crippen LogP) is 2.61. The zero-order valence-corrected chi connectivity index (χ0v) is 11.8. The Balaban J connectivity index is 1.74. The molecular formula is C16H24N2O. The van der Waals surface area contributed by atoms with Crippen LogP contribution in [0.25, 0.3) is 0 Å². The summed E-state index contributed by atoms with van der Waals surface area (Å²) < 4.78 is 5.33. The number of hydrogen-bond donors (Lipinski definition) is 1. The van der Waals surface area contributed by atoms with Gasteiger partial charge in [-0.05, 0) is 61.4 Å². The quantitative estimate of drug-likeness (QED) is 0.849. The second kappa shape index (κ2) is 5.51. The van der Waals surface area contributed by atoms with Crippen molar-refractivity contribution >= 4 is 5.69 Å². The van der Waals surface area contributed by atoms with Gasteiger partial charge in [-0.3, -0.25) is 4.90 Å². The molecule has 0 bridgehead atoms. The summed E-state index contributed by atoms with van der Waals surface area (Å²) in [5, 5.41) is 0. The molecule has 104 valence electrons. The van der Waals surface area contributed by atoms with Crippen LogP contribution in [0.3, 0.4) is 0 Å². The molecule has 0 spiro atoms. The monoisotopic (exact) mass is 260 g/mol. The van der Waals surface area contributed by atoms with E-state index in [9.17, 15) is 0 Å². The molecule has 2 aliphatic rings. The molecule has 1 aromatic rings. The Bertz CT molecular complexity index is 444. The molecule has 0 saturated carbocycles. The summed E-state index contributed by atoms with van der Waals surface area (Å²) in [6.07, 6.45) is 5.04. The highest BCUT2D eigenvalue weighted by Crippen LogP contribution is 2.38. The van der Waals surface area contributed by atoms with Crippen LogP contribution in [0.5, 0.6) is 0 Å². The first-order valence-electron chi connectivity index (χ1n) is 7.39. The Morgan fingerprint density at radius 3 is 3.11 bits per heavy atom. The summed E-state index contributed by atoms with van der Waals surface area (Å²) >= 11 is 0. The highest BCUT2D eigenvalue weighted by Gasteiger charge is 2.31. The van der Waals surface area contributed by atoms with E-state index in [0.717, 1.165) is 12.3 Å². The van der Waals surface area contributed by atoms with Crippen molar-refractivity contribution in [3.63, 3.8) is 0 Å². The minimum Gasteiger partial charge on any atom is -0.399 e. The lowest BCUT2D eigenvalue weighted by molar-refractivity contribution is 0.0680. The van der Waals surface area contributed by atoms with Crippen LogP contribution in [0.2, 0.25) is 0 Å². The molecule has 2 atom stereocenters. The standard InChI is InChI=1S/C16H24N2O/c1-19-11-12-3-2-8-18(10-12)16-7-4-13-9-14(17)5-6-15(13)16/h5-6,9,12,16H,2-4,7-8,10-11,17H2,1H3. The van der Waals surface area contributed by atoms with Crippen LogP contribution in [0.15, 0.2) is 18.2 Å². The molecular weight excluding hydrogens is 236 g/mol.